The van der Waals surface area contributed by atoms with Crippen molar-refractivity contribution in [1.29, 1.82) is 0 Å². The maximum atomic E-state index is 5.90. The van der Waals surface area contributed by atoms with Gasteiger partial charge in [-0.3, -0.25) is 0 Å². The summed E-state index contributed by atoms with van der Waals surface area (Å²) >= 11 is 0. The SMILES string of the molecule is C[C@@H]1O[C@@H]2CO[C@H]1[C@@H]2OCc1ccccc1. The Kier molecular flexibility index (Phi) is 2.67. The number of fused-ring (bicyclic) bond motifs is 2. The standard InChI is InChI=1S/C13H16O3/c1-9-12-13(11(16-9)8-15-12)14-7-10-5-3-2-4-6-10/h2-6,9,11-13H,7-8H2,1H3/t9-,11+,12+,13+/m0/s1. The lowest BCUT2D eigenvalue weighted by molar-refractivity contribution is -0.0839. The van der Waals surface area contributed by atoms with Crippen LogP contribution in [0.1, 0.15) is 12.5 Å². The van der Waals surface area contributed by atoms with Crippen molar-refractivity contribution in [2.24, 2.45) is 0 Å². The van der Waals surface area contributed by atoms with Crippen molar-refractivity contribution in [2.45, 2.75) is 37.9 Å². The van der Waals surface area contributed by atoms with Crippen LogP contribution in [0.25, 0.3) is 0 Å². The summed E-state index contributed by atoms with van der Waals surface area (Å²) in [7, 11) is 0. The second-order valence-corrected chi connectivity index (χ2v) is 4.44. The van der Waals surface area contributed by atoms with Crippen molar-refractivity contribution in [3.05, 3.63) is 35.9 Å². The van der Waals surface area contributed by atoms with Gasteiger partial charge < -0.3 is 14.2 Å². The fourth-order valence-electron chi connectivity index (χ4n) is 2.45. The highest BCUT2D eigenvalue weighted by Crippen LogP contribution is 2.33. The summed E-state index contributed by atoms with van der Waals surface area (Å²) in [5, 5.41) is 0. The highest BCUT2D eigenvalue weighted by atomic mass is 16.6. The van der Waals surface area contributed by atoms with Crippen molar-refractivity contribution in [1.82, 2.24) is 0 Å². The number of hydrogen-bond donors (Lipinski definition) is 0. The second-order valence-electron chi connectivity index (χ2n) is 4.44. The molecule has 0 spiro atoms. The van der Waals surface area contributed by atoms with E-state index in [0.717, 1.165) is 0 Å². The Bertz CT molecular complexity index is 351. The molecule has 0 unspecified atom stereocenters. The topological polar surface area (TPSA) is 27.7 Å². The fraction of sp³-hybridized carbons (Fsp3) is 0.538. The number of ether oxygens (including phenoxy) is 3. The van der Waals surface area contributed by atoms with Gasteiger partial charge in [-0.05, 0) is 12.5 Å². The van der Waals surface area contributed by atoms with Crippen molar-refractivity contribution in [2.75, 3.05) is 6.61 Å². The van der Waals surface area contributed by atoms with Crippen LogP contribution in [-0.2, 0) is 20.8 Å². The van der Waals surface area contributed by atoms with Crippen LogP contribution in [0.15, 0.2) is 30.3 Å². The molecule has 3 rings (SSSR count). The Balaban J connectivity index is 1.60. The zero-order valence-electron chi connectivity index (χ0n) is 9.34. The van der Waals surface area contributed by atoms with Crippen LogP contribution in [-0.4, -0.2) is 31.0 Å². The van der Waals surface area contributed by atoms with E-state index in [4.69, 9.17) is 14.2 Å². The lowest BCUT2D eigenvalue weighted by Crippen LogP contribution is -2.29. The second kappa shape index (κ2) is 4.17. The molecule has 4 atom stereocenters. The summed E-state index contributed by atoms with van der Waals surface area (Å²) in [6.07, 6.45) is 0.521. The third-order valence-electron chi connectivity index (χ3n) is 3.28. The van der Waals surface area contributed by atoms with Gasteiger partial charge in [0, 0.05) is 0 Å². The Morgan fingerprint density at radius 3 is 2.75 bits per heavy atom. The molecule has 3 nitrogen and oxygen atoms in total. The molecule has 86 valence electrons. The molecule has 1 aromatic rings. The molecule has 2 aliphatic heterocycles. The zero-order valence-corrected chi connectivity index (χ0v) is 9.34. The van der Waals surface area contributed by atoms with Gasteiger partial charge in [0.15, 0.2) is 0 Å². The van der Waals surface area contributed by atoms with Crippen molar-refractivity contribution in [3.63, 3.8) is 0 Å². The maximum Gasteiger partial charge on any atom is 0.115 e. The largest absolute Gasteiger partial charge is 0.370 e. The van der Waals surface area contributed by atoms with E-state index in [2.05, 4.69) is 12.1 Å². The maximum absolute atomic E-state index is 5.90. The average Bonchev–Trinajstić information content (AvgIpc) is 2.83. The molecule has 2 aliphatic rings. The molecule has 2 heterocycles. The first-order valence-electron chi connectivity index (χ1n) is 5.77. The fourth-order valence-corrected chi connectivity index (χ4v) is 2.45. The van der Waals surface area contributed by atoms with Crippen LogP contribution in [0.5, 0.6) is 0 Å². The summed E-state index contributed by atoms with van der Waals surface area (Å²) < 4.78 is 17.2. The zero-order chi connectivity index (χ0) is 11.0. The van der Waals surface area contributed by atoms with E-state index in [0.29, 0.717) is 13.2 Å². The summed E-state index contributed by atoms with van der Waals surface area (Å²) in [5.74, 6) is 0. The summed E-state index contributed by atoms with van der Waals surface area (Å²) in [5.41, 5.74) is 1.20. The molecule has 0 radical (unpaired) electrons. The highest BCUT2D eigenvalue weighted by Gasteiger charge is 2.49. The first kappa shape index (κ1) is 10.3. The van der Waals surface area contributed by atoms with E-state index >= 15 is 0 Å². The molecule has 0 N–H and O–H groups in total. The van der Waals surface area contributed by atoms with Crippen LogP contribution < -0.4 is 0 Å². The van der Waals surface area contributed by atoms with E-state index in [1.807, 2.05) is 25.1 Å². The van der Waals surface area contributed by atoms with Gasteiger partial charge in [-0.25, -0.2) is 0 Å². The van der Waals surface area contributed by atoms with Gasteiger partial charge in [0.2, 0.25) is 0 Å². The Morgan fingerprint density at radius 2 is 2.12 bits per heavy atom. The van der Waals surface area contributed by atoms with Crippen LogP contribution in [0.3, 0.4) is 0 Å². The van der Waals surface area contributed by atoms with Gasteiger partial charge in [0.05, 0.1) is 19.3 Å². The predicted molar refractivity (Wildman–Crippen MR) is 59.1 cm³/mol. The minimum Gasteiger partial charge on any atom is -0.370 e. The van der Waals surface area contributed by atoms with E-state index in [9.17, 15) is 0 Å². The third kappa shape index (κ3) is 1.75. The van der Waals surface area contributed by atoms with Gasteiger partial charge >= 0.3 is 0 Å². The normalized spacial score (nSPS) is 36.8. The third-order valence-corrected chi connectivity index (χ3v) is 3.28. The van der Waals surface area contributed by atoms with E-state index in [1.54, 1.807) is 0 Å². The molecule has 0 saturated carbocycles. The average molecular weight is 220 g/mol. The van der Waals surface area contributed by atoms with Crippen LogP contribution >= 0.6 is 0 Å². The molecule has 1 aromatic carbocycles. The van der Waals surface area contributed by atoms with Crippen LogP contribution in [0.2, 0.25) is 0 Å². The quantitative estimate of drug-likeness (QED) is 0.776. The minimum atomic E-state index is 0.107. The Labute approximate surface area is 95.3 Å². The minimum absolute atomic E-state index is 0.107. The van der Waals surface area contributed by atoms with Crippen LogP contribution in [0.4, 0.5) is 0 Å². The lowest BCUT2D eigenvalue weighted by Gasteiger charge is -2.17. The first-order valence-corrected chi connectivity index (χ1v) is 5.77. The predicted octanol–water partition coefficient (Wildman–Crippen LogP) is 1.76. The van der Waals surface area contributed by atoms with Crippen molar-refractivity contribution >= 4 is 0 Å². The summed E-state index contributed by atoms with van der Waals surface area (Å²) in [6, 6.07) is 10.2. The van der Waals surface area contributed by atoms with Gasteiger partial charge in [-0.1, -0.05) is 30.3 Å². The Morgan fingerprint density at radius 1 is 1.31 bits per heavy atom. The van der Waals surface area contributed by atoms with Gasteiger partial charge in [-0.15, -0.1) is 0 Å². The Hall–Kier alpha value is -0.900. The van der Waals surface area contributed by atoms with Gasteiger partial charge in [0.25, 0.3) is 0 Å². The first-order chi connectivity index (χ1) is 7.84. The van der Waals surface area contributed by atoms with E-state index in [1.165, 1.54) is 5.56 Å². The van der Waals surface area contributed by atoms with Crippen molar-refractivity contribution < 1.29 is 14.2 Å². The molecule has 2 saturated heterocycles. The van der Waals surface area contributed by atoms with Crippen LogP contribution in [0, 0.1) is 0 Å². The molecule has 0 amide bonds. The molecule has 3 heteroatoms. The molecular formula is C13H16O3. The van der Waals surface area contributed by atoms with E-state index < -0.39 is 0 Å². The van der Waals surface area contributed by atoms with E-state index in [-0.39, 0.29) is 24.4 Å². The molecule has 2 bridgehead atoms. The van der Waals surface area contributed by atoms with Gasteiger partial charge in [0.1, 0.15) is 18.3 Å². The molecular weight excluding hydrogens is 204 g/mol. The van der Waals surface area contributed by atoms with Gasteiger partial charge in [-0.2, -0.15) is 0 Å². The molecule has 0 aromatic heterocycles. The highest BCUT2D eigenvalue weighted by molar-refractivity contribution is 5.13. The number of benzene rings is 1. The molecule has 0 aliphatic carbocycles. The summed E-state index contributed by atoms with van der Waals surface area (Å²) in [4.78, 5) is 0. The lowest BCUT2D eigenvalue weighted by atomic mass is 10.1. The smallest absolute Gasteiger partial charge is 0.115 e. The number of hydrogen-bond acceptors (Lipinski definition) is 3. The molecule has 16 heavy (non-hydrogen) atoms. The van der Waals surface area contributed by atoms with Crippen molar-refractivity contribution in [3.8, 4) is 0 Å². The summed E-state index contributed by atoms with van der Waals surface area (Å²) in [6.45, 7) is 3.36. The molecule has 2 fully saturated rings. The number of rotatable bonds is 3. The monoisotopic (exact) mass is 220 g/mol.